The highest BCUT2D eigenvalue weighted by Crippen LogP contribution is 2.06. The van der Waals surface area contributed by atoms with E-state index >= 15 is 0 Å². The first kappa shape index (κ1) is 12.7. The van der Waals surface area contributed by atoms with Crippen molar-refractivity contribution >= 4 is 5.97 Å². The van der Waals surface area contributed by atoms with Gasteiger partial charge in [0.15, 0.2) is 0 Å². The Morgan fingerprint density at radius 2 is 2.00 bits per heavy atom. The Bertz CT molecular complexity index is 324. The van der Waals surface area contributed by atoms with Gasteiger partial charge in [-0.25, -0.2) is 0 Å². The van der Waals surface area contributed by atoms with Crippen molar-refractivity contribution in [2.45, 2.75) is 13.5 Å². The SMILES string of the molecule is COC(=O)C(C)CN(C)Cc1ccccc1. The third-order valence-corrected chi connectivity index (χ3v) is 2.48. The van der Waals surface area contributed by atoms with Crippen molar-refractivity contribution in [1.29, 1.82) is 0 Å². The van der Waals surface area contributed by atoms with Gasteiger partial charge in [0.05, 0.1) is 13.0 Å². The van der Waals surface area contributed by atoms with Gasteiger partial charge in [0.2, 0.25) is 0 Å². The summed E-state index contributed by atoms with van der Waals surface area (Å²) in [5, 5.41) is 0. The molecule has 88 valence electrons. The van der Waals surface area contributed by atoms with E-state index in [9.17, 15) is 4.79 Å². The minimum atomic E-state index is -0.153. The second-order valence-corrected chi connectivity index (χ2v) is 4.11. The lowest BCUT2D eigenvalue weighted by molar-refractivity contribution is -0.145. The van der Waals surface area contributed by atoms with E-state index in [-0.39, 0.29) is 11.9 Å². The van der Waals surface area contributed by atoms with Gasteiger partial charge in [-0.2, -0.15) is 0 Å². The van der Waals surface area contributed by atoms with Crippen LogP contribution in [0.15, 0.2) is 30.3 Å². The number of nitrogens with zero attached hydrogens (tertiary/aromatic N) is 1. The molecule has 3 heteroatoms. The van der Waals surface area contributed by atoms with Crippen LogP contribution in [0.25, 0.3) is 0 Å². The van der Waals surface area contributed by atoms with Crippen LogP contribution in [0, 0.1) is 5.92 Å². The lowest BCUT2D eigenvalue weighted by Gasteiger charge is -2.19. The lowest BCUT2D eigenvalue weighted by Crippen LogP contribution is -2.29. The van der Waals surface area contributed by atoms with Crippen LogP contribution in [0.4, 0.5) is 0 Å². The molecule has 0 aliphatic rings. The molecule has 1 unspecified atom stereocenters. The first-order chi connectivity index (χ1) is 7.63. The van der Waals surface area contributed by atoms with Gasteiger partial charge in [-0.05, 0) is 12.6 Å². The second kappa shape index (κ2) is 6.28. The molecule has 1 aromatic rings. The molecule has 0 N–H and O–H groups in total. The summed E-state index contributed by atoms with van der Waals surface area (Å²) in [6.07, 6.45) is 0. The van der Waals surface area contributed by atoms with Gasteiger partial charge in [-0.1, -0.05) is 37.3 Å². The molecule has 0 heterocycles. The van der Waals surface area contributed by atoms with Crippen LogP contribution < -0.4 is 0 Å². The highest BCUT2D eigenvalue weighted by atomic mass is 16.5. The molecule has 0 saturated carbocycles. The minimum absolute atomic E-state index is 0.0845. The van der Waals surface area contributed by atoms with E-state index in [4.69, 9.17) is 4.74 Å². The summed E-state index contributed by atoms with van der Waals surface area (Å²) in [7, 11) is 3.43. The third-order valence-electron chi connectivity index (χ3n) is 2.48. The van der Waals surface area contributed by atoms with Gasteiger partial charge in [-0.3, -0.25) is 4.79 Å². The molecule has 0 aliphatic carbocycles. The van der Waals surface area contributed by atoms with Crippen LogP contribution in [-0.4, -0.2) is 31.6 Å². The molecule has 0 aromatic heterocycles. The Hall–Kier alpha value is -1.35. The second-order valence-electron chi connectivity index (χ2n) is 4.11. The Morgan fingerprint density at radius 1 is 1.38 bits per heavy atom. The largest absolute Gasteiger partial charge is 0.469 e. The molecule has 0 amide bonds. The number of rotatable bonds is 5. The van der Waals surface area contributed by atoms with Crippen LogP contribution in [0.5, 0.6) is 0 Å². The topological polar surface area (TPSA) is 29.5 Å². The number of hydrogen-bond acceptors (Lipinski definition) is 3. The van der Waals surface area contributed by atoms with E-state index in [1.807, 2.05) is 32.2 Å². The standard InChI is InChI=1S/C13H19NO2/c1-11(13(15)16-3)9-14(2)10-12-7-5-4-6-8-12/h4-8,11H,9-10H2,1-3H3. The van der Waals surface area contributed by atoms with Crippen molar-refractivity contribution in [3.8, 4) is 0 Å². The summed E-state index contributed by atoms with van der Waals surface area (Å²) >= 11 is 0. The van der Waals surface area contributed by atoms with Crippen molar-refractivity contribution in [3.05, 3.63) is 35.9 Å². The Labute approximate surface area is 97.0 Å². The minimum Gasteiger partial charge on any atom is -0.469 e. The molecule has 1 atom stereocenters. The summed E-state index contributed by atoms with van der Waals surface area (Å²) in [5.74, 6) is -0.237. The van der Waals surface area contributed by atoms with Crippen LogP contribution in [0.1, 0.15) is 12.5 Å². The number of ether oxygens (including phenoxy) is 1. The molecule has 1 rings (SSSR count). The smallest absolute Gasteiger partial charge is 0.309 e. The summed E-state index contributed by atoms with van der Waals surface area (Å²) in [6.45, 7) is 3.44. The fourth-order valence-electron chi connectivity index (χ4n) is 1.70. The first-order valence-electron chi connectivity index (χ1n) is 5.43. The maximum absolute atomic E-state index is 11.3. The zero-order valence-electron chi connectivity index (χ0n) is 10.1. The molecule has 0 spiro atoms. The maximum Gasteiger partial charge on any atom is 0.309 e. The molecule has 16 heavy (non-hydrogen) atoms. The van der Waals surface area contributed by atoms with Crippen molar-refractivity contribution in [2.24, 2.45) is 5.92 Å². The molecular weight excluding hydrogens is 202 g/mol. The number of methoxy groups -OCH3 is 1. The van der Waals surface area contributed by atoms with Crippen molar-refractivity contribution in [1.82, 2.24) is 4.90 Å². The molecule has 3 nitrogen and oxygen atoms in total. The predicted octanol–water partition coefficient (Wildman–Crippen LogP) is 1.93. The molecule has 0 bridgehead atoms. The Kier molecular flexibility index (Phi) is 4.99. The Balaban J connectivity index is 2.42. The third kappa shape index (κ3) is 4.03. The van der Waals surface area contributed by atoms with E-state index in [2.05, 4.69) is 17.0 Å². The highest BCUT2D eigenvalue weighted by molar-refractivity contribution is 5.72. The average molecular weight is 221 g/mol. The van der Waals surface area contributed by atoms with Crippen LogP contribution in [0.3, 0.4) is 0 Å². The summed E-state index contributed by atoms with van der Waals surface area (Å²) in [5.41, 5.74) is 1.25. The van der Waals surface area contributed by atoms with Crippen molar-refractivity contribution in [2.75, 3.05) is 20.7 Å². The normalized spacial score (nSPS) is 12.5. The average Bonchev–Trinajstić information content (AvgIpc) is 2.29. The van der Waals surface area contributed by atoms with Gasteiger partial charge in [0.25, 0.3) is 0 Å². The number of benzene rings is 1. The van der Waals surface area contributed by atoms with Crippen LogP contribution in [-0.2, 0) is 16.1 Å². The molecule has 0 saturated heterocycles. The van der Waals surface area contributed by atoms with Gasteiger partial charge >= 0.3 is 5.97 Å². The van der Waals surface area contributed by atoms with Crippen LogP contribution in [0.2, 0.25) is 0 Å². The van der Waals surface area contributed by atoms with Gasteiger partial charge in [-0.15, -0.1) is 0 Å². The molecule has 1 aromatic carbocycles. The molecule has 0 fully saturated rings. The maximum atomic E-state index is 11.3. The van der Waals surface area contributed by atoms with Crippen molar-refractivity contribution in [3.63, 3.8) is 0 Å². The lowest BCUT2D eigenvalue weighted by atomic mass is 10.1. The number of carbonyl (C=O) groups excluding carboxylic acids is 1. The zero-order chi connectivity index (χ0) is 12.0. The van der Waals surface area contributed by atoms with E-state index in [1.165, 1.54) is 12.7 Å². The van der Waals surface area contributed by atoms with E-state index in [0.717, 1.165) is 6.54 Å². The monoisotopic (exact) mass is 221 g/mol. The first-order valence-corrected chi connectivity index (χ1v) is 5.43. The fourth-order valence-corrected chi connectivity index (χ4v) is 1.70. The predicted molar refractivity (Wildman–Crippen MR) is 64.0 cm³/mol. The zero-order valence-corrected chi connectivity index (χ0v) is 10.1. The number of hydrogen-bond donors (Lipinski definition) is 0. The molecular formula is C13H19NO2. The van der Waals surface area contributed by atoms with Gasteiger partial charge in [0, 0.05) is 13.1 Å². The summed E-state index contributed by atoms with van der Waals surface area (Å²) < 4.78 is 4.70. The number of carbonyl (C=O) groups is 1. The van der Waals surface area contributed by atoms with Crippen LogP contribution >= 0.6 is 0 Å². The summed E-state index contributed by atoms with van der Waals surface area (Å²) in [6, 6.07) is 10.2. The quantitative estimate of drug-likeness (QED) is 0.711. The van der Waals surface area contributed by atoms with E-state index < -0.39 is 0 Å². The van der Waals surface area contributed by atoms with Gasteiger partial charge in [0.1, 0.15) is 0 Å². The van der Waals surface area contributed by atoms with E-state index in [0.29, 0.717) is 6.54 Å². The molecule has 0 aliphatic heterocycles. The number of esters is 1. The highest BCUT2D eigenvalue weighted by Gasteiger charge is 2.15. The van der Waals surface area contributed by atoms with Crippen molar-refractivity contribution < 1.29 is 9.53 Å². The molecule has 0 radical (unpaired) electrons. The van der Waals surface area contributed by atoms with Gasteiger partial charge < -0.3 is 9.64 Å². The Morgan fingerprint density at radius 3 is 2.56 bits per heavy atom. The summed E-state index contributed by atoms with van der Waals surface area (Å²) in [4.78, 5) is 13.4. The van der Waals surface area contributed by atoms with E-state index in [1.54, 1.807) is 0 Å². The fraction of sp³-hybridized carbons (Fsp3) is 0.462.